The topological polar surface area (TPSA) is 102 Å². The summed E-state index contributed by atoms with van der Waals surface area (Å²) in [5, 5.41) is 14.8. The Bertz CT molecular complexity index is 662. The molecule has 0 bridgehead atoms. The average molecular weight is 308 g/mol. The number of hydrogen-bond donors (Lipinski definition) is 1. The van der Waals surface area contributed by atoms with Gasteiger partial charge < -0.3 is 9.73 Å². The van der Waals surface area contributed by atoms with Gasteiger partial charge >= 0.3 is 5.88 Å². The average Bonchev–Trinajstić information content (AvgIpc) is 3.10. The lowest BCUT2D eigenvalue weighted by Crippen LogP contribution is -2.33. The van der Waals surface area contributed by atoms with E-state index in [2.05, 4.69) is 5.32 Å². The normalized spacial score (nSPS) is 11.9. The molecule has 1 atom stereocenters. The van der Waals surface area contributed by atoms with Crippen molar-refractivity contribution in [3.8, 4) is 0 Å². The Kier molecular flexibility index (Phi) is 4.49. The molecular formula is C13H12N2O5S. The molecule has 0 fully saturated rings. The maximum absolute atomic E-state index is 11.9. The van der Waals surface area contributed by atoms with Gasteiger partial charge in [0.1, 0.15) is 4.92 Å². The van der Waals surface area contributed by atoms with Crippen molar-refractivity contribution in [3.05, 3.63) is 50.4 Å². The third-order valence-electron chi connectivity index (χ3n) is 2.66. The minimum atomic E-state index is -0.722. The van der Waals surface area contributed by atoms with Crippen molar-refractivity contribution >= 4 is 28.9 Å². The number of carbonyl (C=O) groups is 2. The molecule has 8 heteroatoms. The van der Waals surface area contributed by atoms with Crippen molar-refractivity contribution < 1.29 is 18.9 Å². The highest BCUT2D eigenvalue weighted by Crippen LogP contribution is 2.16. The first kappa shape index (κ1) is 14.9. The fourth-order valence-electron chi connectivity index (χ4n) is 1.71. The Balaban J connectivity index is 1.92. The van der Waals surface area contributed by atoms with Crippen LogP contribution in [0.25, 0.3) is 0 Å². The van der Waals surface area contributed by atoms with Gasteiger partial charge in [-0.1, -0.05) is 6.07 Å². The van der Waals surface area contributed by atoms with E-state index in [0.29, 0.717) is 4.88 Å². The summed E-state index contributed by atoms with van der Waals surface area (Å²) in [7, 11) is 0. The molecule has 0 aromatic carbocycles. The first-order valence-electron chi connectivity index (χ1n) is 6.09. The molecule has 0 aliphatic carbocycles. The van der Waals surface area contributed by atoms with Gasteiger partial charge in [0, 0.05) is 12.5 Å². The molecule has 0 saturated heterocycles. The minimum Gasteiger partial charge on any atom is -0.395 e. The van der Waals surface area contributed by atoms with Crippen LogP contribution in [0.15, 0.2) is 34.1 Å². The summed E-state index contributed by atoms with van der Waals surface area (Å²) in [6, 6.07) is 5.43. The van der Waals surface area contributed by atoms with Crippen molar-refractivity contribution in [2.24, 2.45) is 0 Å². The molecule has 1 N–H and O–H groups in total. The Morgan fingerprint density at radius 3 is 2.76 bits per heavy atom. The molecule has 2 rings (SSSR count). The number of nitrogens with zero attached hydrogens (tertiary/aromatic N) is 1. The molecule has 1 amide bonds. The van der Waals surface area contributed by atoms with Crippen molar-refractivity contribution in [3.63, 3.8) is 0 Å². The molecule has 0 saturated carbocycles. The predicted molar refractivity (Wildman–Crippen MR) is 75.6 cm³/mol. The zero-order chi connectivity index (χ0) is 15.4. The molecule has 0 radical (unpaired) electrons. The van der Waals surface area contributed by atoms with Crippen LogP contribution in [-0.4, -0.2) is 22.7 Å². The quantitative estimate of drug-likeness (QED) is 0.502. The highest BCUT2D eigenvalue weighted by atomic mass is 32.1. The van der Waals surface area contributed by atoms with E-state index in [0.717, 1.165) is 6.07 Å². The van der Waals surface area contributed by atoms with Crippen LogP contribution in [0.1, 0.15) is 33.6 Å². The van der Waals surface area contributed by atoms with Gasteiger partial charge in [0.2, 0.25) is 0 Å². The van der Waals surface area contributed by atoms with Gasteiger partial charge in [-0.05, 0) is 24.4 Å². The summed E-state index contributed by atoms with van der Waals surface area (Å²) in [6.07, 6.45) is 0.148. The zero-order valence-electron chi connectivity index (χ0n) is 11.1. The summed E-state index contributed by atoms with van der Waals surface area (Å²) in [5.41, 5.74) is 0. The number of thiophene rings is 1. The van der Waals surface area contributed by atoms with E-state index in [4.69, 9.17) is 4.42 Å². The van der Waals surface area contributed by atoms with Crippen LogP contribution in [0, 0.1) is 10.1 Å². The fourth-order valence-corrected chi connectivity index (χ4v) is 2.39. The summed E-state index contributed by atoms with van der Waals surface area (Å²) >= 11 is 1.34. The number of amides is 1. The summed E-state index contributed by atoms with van der Waals surface area (Å²) < 4.78 is 4.79. The number of carbonyl (C=O) groups excluding carboxylic acids is 2. The van der Waals surface area contributed by atoms with Gasteiger partial charge in [-0.3, -0.25) is 19.7 Å². The molecule has 21 heavy (non-hydrogen) atoms. The maximum Gasteiger partial charge on any atom is 0.433 e. The summed E-state index contributed by atoms with van der Waals surface area (Å²) in [6.45, 7) is 1.68. The Hall–Kier alpha value is -2.48. The van der Waals surface area contributed by atoms with E-state index in [-0.39, 0.29) is 18.0 Å². The van der Waals surface area contributed by atoms with E-state index < -0.39 is 22.8 Å². The van der Waals surface area contributed by atoms with Crippen LogP contribution in [0.3, 0.4) is 0 Å². The van der Waals surface area contributed by atoms with Gasteiger partial charge in [-0.25, -0.2) is 0 Å². The number of furan rings is 1. The summed E-state index contributed by atoms with van der Waals surface area (Å²) in [5.74, 6) is -1.31. The monoisotopic (exact) mass is 308 g/mol. The van der Waals surface area contributed by atoms with Crippen molar-refractivity contribution in [1.29, 1.82) is 0 Å². The largest absolute Gasteiger partial charge is 0.433 e. The SMILES string of the molecule is C[C@@H](CC(=O)c1cccs1)NC(=O)c1ccc([N+](=O)[O-])o1. The third-order valence-corrected chi connectivity index (χ3v) is 3.57. The Morgan fingerprint density at radius 2 is 2.19 bits per heavy atom. The predicted octanol–water partition coefficient (Wildman–Crippen LogP) is 2.64. The van der Waals surface area contributed by atoms with Crippen LogP contribution in [-0.2, 0) is 0 Å². The van der Waals surface area contributed by atoms with Gasteiger partial charge in [-0.15, -0.1) is 11.3 Å². The standard InChI is InChI=1S/C13H12N2O5S/c1-8(7-9(16)11-3-2-6-21-11)14-13(17)10-4-5-12(20-10)15(18)19/h2-6,8H,7H2,1H3,(H,14,17)/t8-/m0/s1. The molecule has 0 unspecified atom stereocenters. The molecule has 2 aromatic rings. The van der Waals surface area contributed by atoms with Gasteiger partial charge in [0.05, 0.1) is 10.9 Å². The lowest BCUT2D eigenvalue weighted by Gasteiger charge is -2.11. The highest BCUT2D eigenvalue weighted by Gasteiger charge is 2.20. The number of hydrogen-bond acceptors (Lipinski definition) is 6. The number of Topliss-reactive ketones (excluding diaryl/α,β-unsaturated/α-hetero) is 1. The molecule has 110 valence electrons. The number of nitrogens with one attached hydrogen (secondary N) is 1. The van der Waals surface area contributed by atoms with Crippen LogP contribution in [0.4, 0.5) is 5.88 Å². The molecular weight excluding hydrogens is 296 g/mol. The van der Waals surface area contributed by atoms with E-state index in [1.54, 1.807) is 24.4 Å². The second-order valence-electron chi connectivity index (χ2n) is 4.37. The molecule has 2 heterocycles. The van der Waals surface area contributed by atoms with Crippen LogP contribution in [0.2, 0.25) is 0 Å². The third kappa shape index (κ3) is 3.76. The fraction of sp³-hybridized carbons (Fsp3) is 0.231. The highest BCUT2D eigenvalue weighted by molar-refractivity contribution is 7.12. The van der Waals surface area contributed by atoms with Gasteiger partial charge in [-0.2, -0.15) is 0 Å². The van der Waals surface area contributed by atoms with Crippen LogP contribution >= 0.6 is 11.3 Å². The van der Waals surface area contributed by atoms with Gasteiger partial charge in [0.25, 0.3) is 5.91 Å². The Labute approximate surface area is 123 Å². The number of nitro groups is 1. The second-order valence-corrected chi connectivity index (χ2v) is 5.32. The second kappa shape index (κ2) is 6.31. The first-order chi connectivity index (χ1) is 9.97. The van der Waals surface area contributed by atoms with Gasteiger partial charge in [0.15, 0.2) is 11.5 Å². The van der Waals surface area contributed by atoms with E-state index in [1.807, 2.05) is 0 Å². The molecule has 2 aromatic heterocycles. The minimum absolute atomic E-state index is 0.0665. The van der Waals surface area contributed by atoms with Crippen molar-refractivity contribution in [1.82, 2.24) is 5.32 Å². The van der Waals surface area contributed by atoms with Crippen molar-refractivity contribution in [2.45, 2.75) is 19.4 Å². The first-order valence-corrected chi connectivity index (χ1v) is 6.97. The Morgan fingerprint density at radius 1 is 1.43 bits per heavy atom. The number of ketones is 1. The van der Waals surface area contributed by atoms with Crippen LogP contribution < -0.4 is 5.32 Å². The molecule has 0 aliphatic heterocycles. The maximum atomic E-state index is 11.9. The van der Waals surface area contributed by atoms with E-state index in [9.17, 15) is 19.7 Å². The molecule has 7 nitrogen and oxygen atoms in total. The molecule has 0 spiro atoms. The van der Waals surface area contributed by atoms with E-state index in [1.165, 1.54) is 17.4 Å². The molecule has 0 aliphatic rings. The van der Waals surface area contributed by atoms with E-state index >= 15 is 0 Å². The van der Waals surface area contributed by atoms with Crippen molar-refractivity contribution in [2.75, 3.05) is 0 Å². The lowest BCUT2D eigenvalue weighted by atomic mass is 10.1. The summed E-state index contributed by atoms with van der Waals surface area (Å²) in [4.78, 5) is 34.1. The zero-order valence-corrected chi connectivity index (χ0v) is 11.9. The number of rotatable bonds is 6. The smallest absolute Gasteiger partial charge is 0.395 e. The lowest BCUT2D eigenvalue weighted by molar-refractivity contribution is -0.402. The van der Waals surface area contributed by atoms with Crippen LogP contribution in [0.5, 0.6) is 0 Å².